The smallest absolute Gasteiger partial charge is 0.325 e. The molecule has 0 aromatic heterocycles. The Balaban J connectivity index is 1.20. The summed E-state index contributed by atoms with van der Waals surface area (Å²) in [4.78, 5) is 39.1. The molecule has 0 bridgehead atoms. The van der Waals surface area contributed by atoms with Crippen molar-refractivity contribution in [1.29, 1.82) is 0 Å². The molecule has 2 fully saturated rings. The highest BCUT2D eigenvalue weighted by molar-refractivity contribution is 6.09. The normalized spacial score (nSPS) is 22.6. The van der Waals surface area contributed by atoms with Gasteiger partial charge in [0.05, 0.1) is 0 Å². The van der Waals surface area contributed by atoms with Gasteiger partial charge in [-0.15, -0.1) is 0 Å². The monoisotopic (exact) mass is 449 g/mol. The summed E-state index contributed by atoms with van der Waals surface area (Å²) in [6.45, 7) is 1.34. The van der Waals surface area contributed by atoms with Crippen LogP contribution in [0.4, 0.5) is 10.5 Å². The summed E-state index contributed by atoms with van der Waals surface area (Å²) in [5, 5.41) is 5.51. The molecule has 5 rings (SSSR count). The Kier molecular flexibility index (Phi) is 5.23. The van der Waals surface area contributed by atoms with E-state index in [1.807, 2.05) is 30.3 Å². The molecule has 172 valence electrons. The van der Waals surface area contributed by atoms with E-state index in [1.54, 1.807) is 25.1 Å². The van der Waals surface area contributed by atoms with E-state index in [1.165, 1.54) is 0 Å². The highest BCUT2D eigenvalue weighted by Gasteiger charge is 2.48. The van der Waals surface area contributed by atoms with E-state index in [2.05, 4.69) is 10.6 Å². The lowest BCUT2D eigenvalue weighted by molar-refractivity contribution is -0.133. The number of benzene rings is 2. The van der Waals surface area contributed by atoms with Gasteiger partial charge >= 0.3 is 6.03 Å². The van der Waals surface area contributed by atoms with E-state index in [0.717, 1.165) is 36.1 Å². The van der Waals surface area contributed by atoms with Gasteiger partial charge in [0.2, 0.25) is 5.91 Å². The molecule has 2 aromatic rings. The maximum absolute atomic E-state index is 13.0. The lowest BCUT2D eigenvalue weighted by Crippen LogP contribution is -2.45. The van der Waals surface area contributed by atoms with Crippen molar-refractivity contribution in [3.63, 3.8) is 0 Å². The number of nitrogens with zero attached hydrogens (tertiary/aromatic N) is 1. The third-order valence-electron chi connectivity index (χ3n) is 6.59. The van der Waals surface area contributed by atoms with Crippen molar-refractivity contribution >= 4 is 23.5 Å². The topological polar surface area (TPSA) is 97.0 Å². The quantitative estimate of drug-likeness (QED) is 0.657. The van der Waals surface area contributed by atoms with Gasteiger partial charge in [-0.3, -0.25) is 14.5 Å². The Hall–Kier alpha value is -3.55. The zero-order valence-corrected chi connectivity index (χ0v) is 18.6. The second-order valence-electron chi connectivity index (χ2n) is 9.17. The van der Waals surface area contributed by atoms with Crippen LogP contribution in [0.1, 0.15) is 44.6 Å². The molecule has 3 aliphatic rings. The molecule has 1 saturated carbocycles. The average Bonchev–Trinajstić information content (AvgIpc) is 3.46. The van der Waals surface area contributed by atoms with Crippen LogP contribution in [0.15, 0.2) is 48.5 Å². The number of urea groups is 1. The minimum absolute atomic E-state index is 0.357. The first-order chi connectivity index (χ1) is 15.9. The molecule has 33 heavy (non-hydrogen) atoms. The molecule has 2 heterocycles. The number of rotatable bonds is 6. The van der Waals surface area contributed by atoms with Gasteiger partial charge in [-0.2, -0.15) is 0 Å². The predicted octanol–water partition coefficient (Wildman–Crippen LogP) is 3.61. The fourth-order valence-corrected chi connectivity index (χ4v) is 4.73. The van der Waals surface area contributed by atoms with E-state index in [-0.39, 0.29) is 6.54 Å². The van der Waals surface area contributed by atoms with E-state index in [9.17, 15) is 14.4 Å². The maximum atomic E-state index is 13.0. The zero-order valence-electron chi connectivity index (χ0n) is 18.6. The highest BCUT2D eigenvalue weighted by atomic mass is 16.7. The van der Waals surface area contributed by atoms with Crippen LogP contribution in [0.3, 0.4) is 0 Å². The van der Waals surface area contributed by atoms with E-state index >= 15 is 0 Å². The number of hydrogen-bond donors (Lipinski definition) is 2. The van der Waals surface area contributed by atoms with Crippen LogP contribution in [0.5, 0.6) is 11.5 Å². The van der Waals surface area contributed by atoms with Crippen LogP contribution < -0.4 is 20.1 Å². The van der Waals surface area contributed by atoms with Crippen molar-refractivity contribution in [2.24, 2.45) is 0 Å². The molecule has 2 aromatic carbocycles. The van der Waals surface area contributed by atoms with Crippen molar-refractivity contribution in [3.05, 3.63) is 54.1 Å². The van der Waals surface area contributed by atoms with Crippen LogP contribution in [0, 0.1) is 0 Å². The Morgan fingerprint density at radius 2 is 1.79 bits per heavy atom. The second-order valence-corrected chi connectivity index (χ2v) is 9.17. The summed E-state index contributed by atoms with van der Waals surface area (Å²) in [6.07, 6.45) is 4.91. The summed E-state index contributed by atoms with van der Waals surface area (Å²) in [7, 11) is 0. The summed E-state index contributed by atoms with van der Waals surface area (Å²) >= 11 is 0. The van der Waals surface area contributed by atoms with Gasteiger partial charge in [-0.05, 0) is 50.3 Å². The van der Waals surface area contributed by atoms with Crippen molar-refractivity contribution < 1.29 is 23.9 Å². The number of imide groups is 1. The Morgan fingerprint density at radius 1 is 1.06 bits per heavy atom. The SMILES string of the molecule is C[C@@]1(CCc2ccccc2)NC(=O)N(CC(=O)Nc2ccc3c(c2)OC2(CCCC2)O3)C1=O. The van der Waals surface area contributed by atoms with Crippen LogP contribution in [-0.4, -0.2) is 40.6 Å². The lowest BCUT2D eigenvalue weighted by atomic mass is 9.93. The molecule has 2 aliphatic heterocycles. The van der Waals surface area contributed by atoms with Crippen molar-refractivity contribution in [2.75, 3.05) is 11.9 Å². The van der Waals surface area contributed by atoms with Gasteiger partial charge in [0.1, 0.15) is 12.1 Å². The number of aryl methyl sites for hydroxylation is 1. The van der Waals surface area contributed by atoms with Gasteiger partial charge in [-0.1, -0.05) is 30.3 Å². The van der Waals surface area contributed by atoms with Gasteiger partial charge < -0.3 is 20.1 Å². The largest absolute Gasteiger partial charge is 0.448 e. The molecule has 8 heteroatoms. The van der Waals surface area contributed by atoms with Crippen molar-refractivity contribution in [2.45, 2.75) is 56.8 Å². The Labute approximate surface area is 192 Å². The van der Waals surface area contributed by atoms with E-state index < -0.39 is 29.2 Å². The number of amides is 4. The summed E-state index contributed by atoms with van der Waals surface area (Å²) in [5.41, 5.74) is 0.567. The van der Waals surface area contributed by atoms with Crippen LogP contribution in [-0.2, 0) is 16.0 Å². The Morgan fingerprint density at radius 3 is 2.55 bits per heavy atom. The van der Waals surface area contributed by atoms with Gasteiger partial charge in [0.25, 0.3) is 11.7 Å². The minimum atomic E-state index is -1.04. The van der Waals surface area contributed by atoms with Crippen molar-refractivity contribution in [1.82, 2.24) is 10.2 Å². The third-order valence-corrected chi connectivity index (χ3v) is 6.59. The number of carbonyl (C=O) groups is 3. The molecule has 1 atom stereocenters. The van der Waals surface area contributed by atoms with E-state index in [0.29, 0.717) is 30.0 Å². The van der Waals surface area contributed by atoms with Crippen LogP contribution in [0.25, 0.3) is 0 Å². The summed E-state index contributed by atoms with van der Waals surface area (Å²) in [5.74, 6) is -0.168. The van der Waals surface area contributed by atoms with E-state index in [4.69, 9.17) is 9.47 Å². The molecule has 1 saturated heterocycles. The molecular formula is C25H27N3O5. The standard InChI is InChI=1S/C25H27N3O5/c1-24(14-11-17-7-3-2-4-8-17)22(30)28(23(31)27-24)16-21(29)26-18-9-10-19-20(15-18)33-25(32-19)12-5-6-13-25/h2-4,7-10,15H,5-6,11-14,16H2,1H3,(H,26,29)(H,27,31)/t24-/m0/s1. The molecule has 1 aliphatic carbocycles. The first-order valence-corrected chi connectivity index (χ1v) is 11.4. The Bertz CT molecular complexity index is 1100. The lowest BCUT2D eigenvalue weighted by Gasteiger charge is -2.21. The number of ether oxygens (including phenoxy) is 2. The second kappa shape index (κ2) is 8.10. The molecule has 0 radical (unpaired) electrons. The number of hydrogen-bond acceptors (Lipinski definition) is 5. The fourth-order valence-electron chi connectivity index (χ4n) is 4.73. The van der Waals surface area contributed by atoms with Crippen LogP contribution >= 0.6 is 0 Å². The number of carbonyl (C=O) groups excluding carboxylic acids is 3. The molecule has 4 amide bonds. The number of nitrogens with one attached hydrogen (secondary N) is 2. The van der Waals surface area contributed by atoms with Gasteiger partial charge in [-0.25, -0.2) is 4.79 Å². The first kappa shape index (κ1) is 21.3. The fraction of sp³-hybridized carbons (Fsp3) is 0.400. The first-order valence-electron chi connectivity index (χ1n) is 11.4. The summed E-state index contributed by atoms with van der Waals surface area (Å²) in [6, 6.07) is 14.4. The molecule has 0 unspecified atom stereocenters. The zero-order chi connectivity index (χ0) is 23.1. The average molecular weight is 450 g/mol. The number of fused-ring (bicyclic) bond motifs is 1. The van der Waals surface area contributed by atoms with Crippen molar-refractivity contribution in [3.8, 4) is 11.5 Å². The van der Waals surface area contributed by atoms with Gasteiger partial charge in [0.15, 0.2) is 11.5 Å². The minimum Gasteiger partial charge on any atom is -0.448 e. The summed E-state index contributed by atoms with van der Waals surface area (Å²) < 4.78 is 12.0. The van der Waals surface area contributed by atoms with Gasteiger partial charge in [0, 0.05) is 24.6 Å². The maximum Gasteiger partial charge on any atom is 0.325 e. The molecular weight excluding hydrogens is 422 g/mol. The molecule has 8 nitrogen and oxygen atoms in total. The third kappa shape index (κ3) is 4.13. The predicted molar refractivity (Wildman–Crippen MR) is 121 cm³/mol. The molecule has 1 spiro atoms. The number of anilines is 1. The highest BCUT2D eigenvalue weighted by Crippen LogP contribution is 2.47. The molecule has 2 N–H and O–H groups in total. The van der Waals surface area contributed by atoms with Crippen LogP contribution in [0.2, 0.25) is 0 Å².